The Bertz CT molecular complexity index is 392. The van der Waals surface area contributed by atoms with Gasteiger partial charge in [0.05, 0.1) is 0 Å². The molecule has 0 fully saturated rings. The van der Waals surface area contributed by atoms with Crippen molar-refractivity contribution < 1.29 is 4.74 Å². The van der Waals surface area contributed by atoms with Gasteiger partial charge in [0, 0.05) is 0 Å². The van der Waals surface area contributed by atoms with Crippen LogP contribution < -0.4 is 4.74 Å². The van der Waals surface area contributed by atoms with Crippen molar-refractivity contribution in [1.82, 2.24) is 0 Å². The second-order valence-electron chi connectivity index (χ2n) is 5.13. The van der Waals surface area contributed by atoms with Crippen LogP contribution in [0.2, 0.25) is 0 Å². The first kappa shape index (κ1) is 11.0. The lowest BCUT2D eigenvalue weighted by Crippen LogP contribution is -2.11. The number of ether oxygens (including phenoxy) is 1. The molecule has 1 heteroatoms. The molecule has 0 heterocycles. The molecule has 0 unspecified atom stereocenters. The molecule has 0 bridgehead atoms. The molecule has 0 radical (unpaired) electrons. The summed E-state index contributed by atoms with van der Waals surface area (Å²) in [7, 11) is 0. The monoisotopic (exact) mass is 214 g/mol. The topological polar surface area (TPSA) is 9.23 Å². The van der Waals surface area contributed by atoms with E-state index < -0.39 is 0 Å². The van der Waals surface area contributed by atoms with Gasteiger partial charge in [-0.3, -0.25) is 0 Å². The van der Waals surface area contributed by atoms with Gasteiger partial charge in [-0.15, -0.1) is 0 Å². The Balaban J connectivity index is 2.07. The van der Waals surface area contributed by atoms with E-state index in [1.54, 1.807) is 0 Å². The van der Waals surface area contributed by atoms with Crippen LogP contribution in [0, 0.1) is 0 Å². The van der Waals surface area contributed by atoms with Crippen LogP contribution in [0.4, 0.5) is 0 Å². The maximum atomic E-state index is 5.77. The summed E-state index contributed by atoms with van der Waals surface area (Å²) in [5, 5.41) is 0. The molecule has 16 heavy (non-hydrogen) atoms. The quantitative estimate of drug-likeness (QED) is 0.726. The molecule has 2 rings (SSSR count). The van der Waals surface area contributed by atoms with Crippen LogP contribution in [0.3, 0.4) is 0 Å². The van der Waals surface area contributed by atoms with Crippen molar-refractivity contribution in [3.8, 4) is 5.75 Å². The number of hydrogen-bond donors (Lipinski definition) is 0. The fourth-order valence-electron chi connectivity index (χ4n) is 1.68. The van der Waals surface area contributed by atoms with Gasteiger partial charge in [-0.25, -0.2) is 0 Å². The Hall–Kier alpha value is -1.50. The highest BCUT2D eigenvalue weighted by atomic mass is 16.5. The van der Waals surface area contributed by atoms with Crippen LogP contribution in [-0.2, 0) is 5.41 Å². The lowest BCUT2D eigenvalue weighted by molar-refractivity contribution is 0.298. The van der Waals surface area contributed by atoms with Crippen LogP contribution in [-0.4, -0.2) is 6.10 Å². The molecule has 0 amide bonds. The lowest BCUT2D eigenvalue weighted by atomic mass is 9.87. The Labute approximate surface area is 97.4 Å². The van der Waals surface area contributed by atoms with E-state index in [-0.39, 0.29) is 11.5 Å². The highest BCUT2D eigenvalue weighted by Crippen LogP contribution is 2.25. The molecule has 0 saturated heterocycles. The summed E-state index contributed by atoms with van der Waals surface area (Å²) in [5.74, 6) is 0.925. The van der Waals surface area contributed by atoms with E-state index in [1.165, 1.54) is 5.56 Å². The number of hydrogen-bond acceptors (Lipinski definition) is 1. The first-order valence-corrected chi connectivity index (χ1v) is 5.68. The second-order valence-corrected chi connectivity index (χ2v) is 5.13. The predicted octanol–water partition coefficient (Wildman–Crippen LogP) is 3.86. The summed E-state index contributed by atoms with van der Waals surface area (Å²) >= 11 is 0. The molecule has 1 aromatic carbocycles. The zero-order valence-electron chi connectivity index (χ0n) is 10.1. The summed E-state index contributed by atoms with van der Waals surface area (Å²) in [4.78, 5) is 0. The van der Waals surface area contributed by atoms with Crippen molar-refractivity contribution in [3.05, 3.63) is 54.1 Å². The van der Waals surface area contributed by atoms with Crippen molar-refractivity contribution in [3.63, 3.8) is 0 Å². The Morgan fingerprint density at radius 2 is 1.50 bits per heavy atom. The smallest absolute Gasteiger partial charge is 0.136 e. The zero-order chi connectivity index (χ0) is 11.6. The Kier molecular flexibility index (Phi) is 2.86. The van der Waals surface area contributed by atoms with Gasteiger partial charge in [0.1, 0.15) is 11.9 Å². The summed E-state index contributed by atoms with van der Waals surface area (Å²) in [6.45, 7) is 6.64. The van der Waals surface area contributed by atoms with E-state index in [9.17, 15) is 0 Å². The van der Waals surface area contributed by atoms with E-state index >= 15 is 0 Å². The minimum Gasteiger partial charge on any atom is -0.482 e. The minimum absolute atomic E-state index is 0.0977. The number of rotatable bonds is 2. The highest BCUT2D eigenvalue weighted by molar-refractivity contribution is 5.32. The van der Waals surface area contributed by atoms with Crippen LogP contribution >= 0.6 is 0 Å². The highest BCUT2D eigenvalue weighted by Gasteiger charge is 2.13. The molecular weight excluding hydrogens is 196 g/mol. The van der Waals surface area contributed by atoms with Gasteiger partial charge in [0.25, 0.3) is 0 Å². The van der Waals surface area contributed by atoms with Gasteiger partial charge in [-0.05, 0) is 35.3 Å². The van der Waals surface area contributed by atoms with E-state index in [0.29, 0.717) is 0 Å². The van der Waals surface area contributed by atoms with E-state index in [0.717, 1.165) is 5.75 Å². The van der Waals surface area contributed by atoms with Crippen LogP contribution in [0.5, 0.6) is 5.75 Å². The largest absolute Gasteiger partial charge is 0.482 e. The van der Waals surface area contributed by atoms with Crippen molar-refractivity contribution in [2.45, 2.75) is 32.3 Å². The molecule has 0 saturated carbocycles. The SMILES string of the molecule is CC(C)(C)c1ccc(OC2C=CC=C2)cc1. The van der Waals surface area contributed by atoms with Gasteiger partial charge in [-0.2, -0.15) is 0 Å². The molecule has 0 N–H and O–H groups in total. The molecule has 0 spiro atoms. The Morgan fingerprint density at radius 3 is 2.00 bits per heavy atom. The zero-order valence-corrected chi connectivity index (χ0v) is 10.1. The number of allylic oxidation sites excluding steroid dienone is 2. The van der Waals surface area contributed by atoms with Gasteiger partial charge < -0.3 is 4.74 Å². The third-order valence-corrected chi connectivity index (χ3v) is 2.71. The summed E-state index contributed by atoms with van der Waals surface area (Å²) in [5.41, 5.74) is 1.53. The lowest BCUT2D eigenvalue weighted by Gasteiger charge is -2.19. The van der Waals surface area contributed by atoms with Crippen LogP contribution in [0.25, 0.3) is 0 Å². The van der Waals surface area contributed by atoms with Crippen molar-refractivity contribution in [1.29, 1.82) is 0 Å². The molecular formula is C15H18O. The van der Waals surface area contributed by atoms with Crippen LogP contribution in [0.1, 0.15) is 26.3 Å². The third-order valence-electron chi connectivity index (χ3n) is 2.71. The third kappa shape index (κ3) is 2.54. The van der Waals surface area contributed by atoms with Gasteiger partial charge in [-0.1, -0.05) is 45.1 Å². The molecule has 1 nitrogen and oxygen atoms in total. The molecule has 1 aromatic rings. The normalized spacial score (nSPS) is 15.7. The van der Waals surface area contributed by atoms with E-state index in [4.69, 9.17) is 4.74 Å². The predicted molar refractivity (Wildman–Crippen MR) is 67.8 cm³/mol. The molecule has 0 aliphatic heterocycles. The van der Waals surface area contributed by atoms with E-state index in [2.05, 4.69) is 32.9 Å². The number of benzene rings is 1. The van der Waals surface area contributed by atoms with Crippen LogP contribution in [0.15, 0.2) is 48.6 Å². The van der Waals surface area contributed by atoms with Gasteiger partial charge >= 0.3 is 0 Å². The fraction of sp³-hybridized carbons (Fsp3) is 0.333. The van der Waals surface area contributed by atoms with Gasteiger partial charge in [0.2, 0.25) is 0 Å². The van der Waals surface area contributed by atoms with Crippen molar-refractivity contribution in [2.24, 2.45) is 0 Å². The Morgan fingerprint density at radius 1 is 0.938 bits per heavy atom. The fourth-order valence-corrected chi connectivity index (χ4v) is 1.68. The first-order valence-electron chi connectivity index (χ1n) is 5.68. The maximum absolute atomic E-state index is 5.77. The summed E-state index contributed by atoms with van der Waals surface area (Å²) in [6.07, 6.45) is 8.19. The summed E-state index contributed by atoms with van der Waals surface area (Å²) < 4.78 is 5.77. The second kappa shape index (κ2) is 4.17. The van der Waals surface area contributed by atoms with Crippen molar-refractivity contribution in [2.75, 3.05) is 0 Å². The molecule has 0 aromatic heterocycles. The van der Waals surface area contributed by atoms with Gasteiger partial charge in [0.15, 0.2) is 0 Å². The molecule has 1 aliphatic rings. The average Bonchev–Trinajstić information content (AvgIpc) is 2.70. The average molecular weight is 214 g/mol. The van der Waals surface area contributed by atoms with E-state index in [1.807, 2.05) is 36.4 Å². The molecule has 1 aliphatic carbocycles. The standard InChI is InChI=1S/C15H18O/c1-15(2,3)12-8-10-14(11-9-12)16-13-6-4-5-7-13/h4-11,13H,1-3H3. The minimum atomic E-state index is 0.0977. The molecule has 0 atom stereocenters. The summed E-state index contributed by atoms with van der Waals surface area (Å²) in [6, 6.07) is 8.36. The van der Waals surface area contributed by atoms with Crippen molar-refractivity contribution >= 4 is 0 Å². The molecule has 84 valence electrons. The first-order chi connectivity index (χ1) is 7.55. The maximum Gasteiger partial charge on any atom is 0.136 e.